The number of nitrogens with zero attached hydrogens (tertiary/aromatic N) is 3. The largest absolute Gasteiger partial charge is 0.408 e. The molecule has 0 unspecified atom stereocenters. The lowest BCUT2D eigenvalue weighted by molar-refractivity contribution is -0.142. The summed E-state index contributed by atoms with van der Waals surface area (Å²) in [5.74, 6) is 0.369. The molecule has 1 saturated carbocycles. The molecule has 24 heavy (non-hydrogen) atoms. The molecule has 1 aliphatic heterocycles. The quantitative estimate of drug-likeness (QED) is 0.885. The number of aromatic nitrogens is 2. The molecule has 9 heteroatoms. The Morgan fingerprint density at radius 2 is 2.21 bits per heavy atom. The predicted molar refractivity (Wildman–Crippen MR) is 80.4 cm³/mol. The van der Waals surface area contributed by atoms with Gasteiger partial charge in [0, 0.05) is 19.3 Å². The topological polar surface area (TPSA) is 59.4 Å². The van der Waals surface area contributed by atoms with Crippen molar-refractivity contribution < 1.29 is 22.7 Å². The van der Waals surface area contributed by atoms with Gasteiger partial charge in [0.1, 0.15) is 12.6 Å². The van der Waals surface area contributed by atoms with Crippen molar-refractivity contribution in [1.29, 1.82) is 0 Å². The smallest absolute Gasteiger partial charge is 0.378 e. The number of halogens is 3. The van der Waals surface area contributed by atoms with Crippen LogP contribution in [0.3, 0.4) is 0 Å². The van der Waals surface area contributed by atoms with Gasteiger partial charge in [-0.1, -0.05) is 6.42 Å². The van der Waals surface area contributed by atoms with Crippen LogP contribution in [-0.4, -0.2) is 59.1 Å². The lowest BCUT2D eigenvalue weighted by Gasteiger charge is -2.39. The molecular weight excluding hydrogens is 325 g/mol. The van der Waals surface area contributed by atoms with Gasteiger partial charge in [-0.25, -0.2) is 0 Å². The summed E-state index contributed by atoms with van der Waals surface area (Å²) in [6, 6.07) is -0.412. The highest BCUT2D eigenvalue weighted by atomic mass is 19.4. The number of carbonyl (C=O) groups is 1. The number of nitrogens with one attached hydrogen (secondary N) is 1. The fourth-order valence-corrected chi connectivity index (χ4v) is 3.03. The van der Waals surface area contributed by atoms with E-state index in [9.17, 15) is 18.0 Å². The Hall–Kier alpha value is -1.61. The van der Waals surface area contributed by atoms with Crippen molar-refractivity contribution in [1.82, 2.24) is 14.7 Å². The summed E-state index contributed by atoms with van der Waals surface area (Å²) >= 11 is 0. The molecule has 1 amide bonds. The molecule has 1 saturated heterocycles. The van der Waals surface area contributed by atoms with E-state index in [-0.39, 0.29) is 11.6 Å². The second kappa shape index (κ2) is 7.10. The summed E-state index contributed by atoms with van der Waals surface area (Å²) < 4.78 is 43.2. The number of anilines is 1. The molecule has 1 aromatic heterocycles. The molecule has 134 valence electrons. The Morgan fingerprint density at radius 1 is 1.42 bits per heavy atom. The van der Waals surface area contributed by atoms with Gasteiger partial charge >= 0.3 is 6.18 Å². The Bertz CT molecular complexity index is 571. The standard InChI is InChI=1S/C15H21F3N4O2/c16-15(17,18)10-22-8-12(6-19-22)20-14(23)13-9-24-5-4-21(13)7-11-2-1-3-11/h6,8,11,13H,1-5,7,9-10H2,(H,20,23)/t13-/m1/s1. The first-order valence-corrected chi connectivity index (χ1v) is 8.12. The maximum atomic E-state index is 12.5. The first-order valence-electron chi connectivity index (χ1n) is 8.12. The lowest BCUT2D eigenvalue weighted by Crippen LogP contribution is -2.53. The highest BCUT2D eigenvalue weighted by molar-refractivity contribution is 5.94. The summed E-state index contributed by atoms with van der Waals surface area (Å²) in [7, 11) is 0. The molecule has 1 aromatic rings. The summed E-state index contributed by atoms with van der Waals surface area (Å²) in [5, 5.41) is 6.27. The normalized spacial score (nSPS) is 23.0. The second-order valence-corrected chi connectivity index (χ2v) is 6.41. The fraction of sp³-hybridized carbons (Fsp3) is 0.733. The maximum absolute atomic E-state index is 12.5. The summed E-state index contributed by atoms with van der Waals surface area (Å²) in [6.07, 6.45) is 1.69. The molecular formula is C15H21F3N4O2. The zero-order valence-corrected chi connectivity index (χ0v) is 13.3. The van der Waals surface area contributed by atoms with Crippen LogP contribution in [0.5, 0.6) is 0 Å². The minimum Gasteiger partial charge on any atom is -0.378 e. The van der Waals surface area contributed by atoms with Gasteiger partial charge in [0.25, 0.3) is 0 Å². The zero-order valence-electron chi connectivity index (χ0n) is 13.3. The van der Waals surface area contributed by atoms with Gasteiger partial charge in [-0.2, -0.15) is 18.3 Å². The van der Waals surface area contributed by atoms with Crippen LogP contribution in [0, 0.1) is 5.92 Å². The third-order valence-electron chi connectivity index (χ3n) is 4.50. The van der Waals surface area contributed by atoms with Crippen molar-refractivity contribution in [3.05, 3.63) is 12.4 Å². The van der Waals surface area contributed by atoms with Gasteiger partial charge in [-0.05, 0) is 18.8 Å². The van der Waals surface area contributed by atoms with Gasteiger partial charge in [-0.3, -0.25) is 14.4 Å². The molecule has 1 atom stereocenters. The summed E-state index contributed by atoms with van der Waals surface area (Å²) in [6.45, 7) is 1.29. The second-order valence-electron chi connectivity index (χ2n) is 6.41. The first kappa shape index (κ1) is 17.2. The van der Waals surface area contributed by atoms with Crippen molar-refractivity contribution >= 4 is 11.6 Å². The monoisotopic (exact) mass is 346 g/mol. The third-order valence-corrected chi connectivity index (χ3v) is 4.50. The van der Waals surface area contributed by atoms with Gasteiger partial charge < -0.3 is 10.1 Å². The lowest BCUT2D eigenvalue weighted by atomic mass is 9.84. The van der Waals surface area contributed by atoms with E-state index in [0.29, 0.717) is 25.7 Å². The van der Waals surface area contributed by atoms with E-state index in [1.165, 1.54) is 31.7 Å². The molecule has 1 aliphatic carbocycles. The molecule has 2 heterocycles. The Kier molecular flexibility index (Phi) is 5.09. The van der Waals surface area contributed by atoms with Crippen LogP contribution in [0.2, 0.25) is 0 Å². The highest BCUT2D eigenvalue weighted by Gasteiger charge is 2.33. The van der Waals surface area contributed by atoms with Crippen LogP contribution in [-0.2, 0) is 16.1 Å². The number of ether oxygens (including phenoxy) is 1. The zero-order chi connectivity index (χ0) is 17.2. The van der Waals surface area contributed by atoms with Crippen LogP contribution in [0.1, 0.15) is 19.3 Å². The van der Waals surface area contributed by atoms with Gasteiger partial charge in [-0.15, -0.1) is 0 Å². The van der Waals surface area contributed by atoms with E-state index in [4.69, 9.17) is 4.74 Å². The minimum atomic E-state index is -4.34. The van der Waals surface area contributed by atoms with Crippen LogP contribution in [0.25, 0.3) is 0 Å². The van der Waals surface area contributed by atoms with Crippen molar-refractivity contribution in [3.8, 4) is 0 Å². The number of rotatable bonds is 5. The molecule has 0 aromatic carbocycles. The first-order chi connectivity index (χ1) is 11.4. The van der Waals surface area contributed by atoms with Gasteiger partial charge in [0.15, 0.2) is 0 Å². The number of hydrogen-bond acceptors (Lipinski definition) is 4. The summed E-state index contributed by atoms with van der Waals surface area (Å²) in [5.41, 5.74) is 0.262. The molecule has 6 nitrogen and oxygen atoms in total. The molecule has 2 fully saturated rings. The highest BCUT2D eigenvalue weighted by Crippen LogP contribution is 2.28. The van der Waals surface area contributed by atoms with Crippen molar-refractivity contribution in [2.45, 2.75) is 38.0 Å². The van der Waals surface area contributed by atoms with Crippen molar-refractivity contribution in [2.75, 3.05) is 31.6 Å². The van der Waals surface area contributed by atoms with Crippen molar-refractivity contribution in [3.63, 3.8) is 0 Å². The molecule has 0 spiro atoms. The third kappa shape index (κ3) is 4.47. The van der Waals surface area contributed by atoms with E-state index in [1.54, 1.807) is 0 Å². The van der Waals surface area contributed by atoms with Gasteiger partial charge in [0.05, 0.1) is 25.1 Å². The van der Waals surface area contributed by atoms with E-state index >= 15 is 0 Å². The van der Waals surface area contributed by atoms with Crippen LogP contribution < -0.4 is 5.32 Å². The van der Waals surface area contributed by atoms with Crippen LogP contribution in [0.15, 0.2) is 12.4 Å². The SMILES string of the molecule is O=C(Nc1cnn(CC(F)(F)F)c1)[C@H]1COCCN1CC1CCC1. The van der Waals surface area contributed by atoms with Crippen LogP contribution in [0.4, 0.5) is 18.9 Å². The number of hydrogen-bond donors (Lipinski definition) is 1. The number of morpholine rings is 1. The molecule has 0 bridgehead atoms. The number of carbonyl (C=O) groups excluding carboxylic acids is 1. The van der Waals surface area contributed by atoms with Gasteiger partial charge in [0.2, 0.25) is 5.91 Å². The van der Waals surface area contributed by atoms with E-state index in [2.05, 4.69) is 15.3 Å². The minimum absolute atomic E-state index is 0.262. The predicted octanol–water partition coefficient (Wildman–Crippen LogP) is 1.88. The average Bonchev–Trinajstić information content (AvgIpc) is 2.88. The summed E-state index contributed by atoms with van der Waals surface area (Å²) in [4.78, 5) is 14.6. The average molecular weight is 346 g/mol. The molecule has 2 aliphatic rings. The van der Waals surface area contributed by atoms with Crippen LogP contribution >= 0.6 is 0 Å². The van der Waals surface area contributed by atoms with Crippen molar-refractivity contribution in [2.24, 2.45) is 5.92 Å². The Balaban J connectivity index is 1.58. The van der Waals surface area contributed by atoms with E-state index in [1.807, 2.05) is 0 Å². The Labute approximate surface area is 137 Å². The Morgan fingerprint density at radius 3 is 2.88 bits per heavy atom. The molecule has 0 radical (unpaired) electrons. The molecule has 1 N–H and O–H groups in total. The van der Waals surface area contributed by atoms with E-state index < -0.39 is 18.8 Å². The maximum Gasteiger partial charge on any atom is 0.408 e. The number of alkyl halides is 3. The number of amides is 1. The fourth-order valence-electron chi connectivity index (χ4n) is 3.03. The van der Waals surface area contributed by atoms with E-state index in [0.717, 1.165) is 11.2 Å². The molecule has 3 rings (SSSR count).